The molecule has 0 amide bonds. The smallest absolute Gasteiger partial charge is 0.463 e. The molecule has 0 saturated carbocycles. The Morgan fingerprint density at radius 2 is 0.470 bits per heavy atom. The topological polar surface area (TPSA) is 231 Å². The lowest BCUT2D eigenvalue weighted by atomic mass is 10.0. The van der Waals surface area contributed by atoms with Crippen LogP contribution in [0.15, 0.2) is 182 Å². The second-order valence-electron chi connectivity index (χ2n) is 29.6. The quantitative estimate of drug-likeness (QED) is 0.0146. The van der Waals surface area contributed by atoms with E-state index in [1.54, 1.807) is 0 Å². The Labute approximate surface area is 700 Å². The second kappa shape index (κ2) is 87.9. The highest BCUT2D eigenvalue weighted by Crippen LogP contribution is 2.45. The van der Waals surface area contributed by atoms with Gasteiger partial charge in [-0.25, -0.2) is 9.13 Å². The van der Waals surface area contributed by atoms with E-state index in [9.17, 15) is 43.5 Å². The number of carbonyl (C=O) groups excluding carboxylic acids is 3. The Balaban J connectivity index is 4.56. The SMILES string of the molecule is CC/C=C\C/C=C\C/C=C\C/C=C\C/C=C\C/C=C\CCCCCCCCCCCCCCC(=O)OCC(O)COP(=O)(O)OCC(O)COP(=O)(O)OCC(COC(=O)CCCCCCCCCCCCCCCCC/C=C\C/C=C\C/C=C\C/C=C\CCCCC)OC(=O)CCC/C=C\C/C=C\C/C=C\C/C=C\C/C=C\CC. The Morgan fingerprint density at radius 1 is 0.252 bits per heavy atom. The van der Waals surface area contributed by atoms with Gasteiger partial charge in [-0.05, 0) is 154 Å². The maximum Gasteiger partial charge on any atom is 0.472 e. The zero-order valence-electron chi connectivity index (χ0n) is 72.1. The molecule has 0 aliphatic heterocycles. The van der Waals surface area contributed by atoms with Crippen LogP contribution >= 0.6 is 15.6 Å². The summed E-state index contributed by atoms with van der Waals surface area (Å²) in [4.78, 5) is 58.9. The van der Waals surface area contributed by atoms with E-state index < -0.39 is 91.5 Å². The first-order chi connectivity index (χ1) is 56.2. The van der Waals surface area contributed by atoms with Crippen molar-refractivity contribution in [2.24, 2.45) is 0 Å². The number of aliphatic hydroxyl groups is 2. The molecule has 656 valence electrons. The van der Waals surface area contributed by atoms with Gasteiger partial charge in [0.15, 0.2) is 6.10 Å². The van der Waals surface area contributed by atoms with Crippen molar-refractivity contribution in [3.63, 3.8) is 0 Å². The summed E-state index contributed by atoms with van der Waals surface area (Å²) < 4.78 is 61.3. The van der Waals surface area contributed by atoms with Crippen LogP contribution in [0.25, 0.3) is 0 Å². The highest BCUT2D eigenvalue weighted by atomic mass is 31.2. The molecule has 0 heterocycles. The van der Waals surface area contributed by atoms with Crippen LogP contribution in [0, 0.1) is 0 Å². The number of esters is 3. The largest absolute Gasteiger partial charge is 0.472 e. The molecule has 0 fully saturated rings. The number of unbranched alkanes of at least 4 members (excludes halogenated alkanes) is 31. The van der Waals surface area contributed by atoms with Gasteiger partial charge < -0.3 is 34.2 Å². The standard InChI is InChI=1S/C97H162O16P2/c1-4-7-10-13-16-19-22-25-28-31-33-35-37-39-41-43-45-47-49-51-53-55-57-60-62-65-68-71-74-77-80-83-95(100)107-86-92(98)87-109-114(103,104)110-88-93(99)89-111-115(105,106)112-91-94(113-97(102)85-82-79-76-73-70-67-64-59-30-27-24-21-18-15-12-9-6-3)90-108-96(101)84-81-78-75-72-69-66-63-61-58-56-54-52-50-48-46-44-42-40-38-36-34-32-29-26-23-20-17-14-11-8-5-2/h7,9-10,12,16-21,25-30,33-36,39-42,45,47,64,67,73,76,92-94,98-99H,4-6,8,11,13-15,22-24,31-32,37-38,43-44,46,48-63,65-66,68-72,74-75,77-91H2,1-3H3,(H,103,104)(H,105,106)/b10-7-,12-9-,19-16-,20-17-,21-18-,28-25-,29-26-,30-27-,35-33-,36-34-,41-39-,42-40-,47-45-,67-64-,76-73-. The Bertz CT molecular complexity index is 2820. The highest BCUT2D eigenvalue weighted by molar-refractivity contribution is 7.47. The summed E-state index contributed by atoms with van der Waals surface area (Å²) in [7, 11) is -9.83. The first-order valence-corrected chi connectivity index (χ1v) is 48.1. The first-order valence-electron chi connectivity index (χ1n) is 45.1. The maximum absolute atomic E-state index is 13.0. The van der Waals surface area contributed by atoms with Crippen molar-refractivity contribution < 1.29 is 75.8 Å². The fourth-order valence-corrected chi connectivity index (χ4v) is 13.4. The molecule has 4 N–H and O–H groups in total. The zero-order chi connectivity index (χ0) is 83.6. The molecule has 0 aliphatic rings. The lowest BCUT2D eigenvalue weighted by Crippen LogP contribution is -2.30. The van der Waals surface area contributed by atoms with Crippen LogP contribution in [0.4, 0.5) is 0 Å². The van der Waals surface area contributed by atoms with Gasteiger partial charge in [0.1, 0.15) is 25.4 Å². The van der Waals surface area contributed by atoms with Crippen molar-refractivity contribution in [3.05, 3.63) is 182 Å². The fraction of sp³-hybridized carbons (Fsp3) is 0.660. The van der Waals surface area contributed by atoms with Crippen molar-refractivity contribution in [1.29, 1.82) is 0 Å². The van der Waals surface area contributed by atoms with Crippen LogP contribution in [-0.4, -0.2) is 95.9 Å². The van der Waals surface area contributed by atoms with Crippen molar-refractivity contribution >= 4 is 33.6 Å². The number of hydrogen-bond acceptors (Lipinski definition) is 14. The molecule has 0 aliphatic carbocycles. The molecule has 0 bridgehead atoms. The minimum absolute atomic E-state index is 0.0221. The van der Waals surface area contributed by atoms with E-state index in [1.807, 2.05) is 12.2 Å². The molecule has 0 radical (unpaired) electrons. The molecule has 5 atom stereocenters. The molecule has 0 rings (SSSR count). The van der Waals surface area contributed by atoms with E-state index >= 15 is 0 Å². The third-order valence-corrected chi connectivity index (χ3v) is 20.5. The number of carbonyl (C=O) groups is 3. The van der Waals surface area contributed by atoms with Crippen LogP contribution in [0.2, 0.25) is 0 Å². The van der Waals surface area contributed by atoms with Crippen LogP contribution in [0.3, 0.4) is 0 Å². The lowest BCUT2D eigenvalue weighted by Gasteiger charge is -2.21. The molecule has 0 aromatic rings. The van der Waals surface area contributed by atoms with Crippen LogP contribution < -0.4 is 0 Å². The molecule has 5 unspecified atom stereocenters. The summed E-state index contributed by atoms with van der Waals surface area (Å²) in [6.07, 6.45) is 115. The molecule has 18 heteroatoms. The molecule has 0 spiro atoms. The normalized spacial score (nSPS) is 14.7. The lowest BCUT2D eigenvalue weighted by molar-refractivity contribution is -0.161. The Kier molecular flexibility index (Phi) is 83.9. The van der Waals surface area contributed by atoms with Gasteiger partial charge in [0, 0.05) is 19.3 Å². The van der Waals surface area contributed by atoms with E-state index in [2.05, 4.69) is 191 Å². The van der Waals surface area contributed by atoms with E-state index in [0.29, 0.717) is 25.7 Å². The zero-order valence-corrected chi connectivity index (χ0v) is 73.9. The number of allylic oxidation sites excluding steroid dienone is 30. The summed E-state index contributed by atoms with van der Waals surface area (Å²) in [6, 6.07) is 0. The monoisotopic (exact) mass is 1650 g/mol. The Morgan fingerprint density at radius 3 is 0.757 bits per heavy atom. The fourth-order valence-electron chi connectivity index (χ4n) is 11.8. The third kappa shape index (κ3) is 89.3. The van der Waals surface area contributed by atoms with Crippen molar-refractivity contribution in [1.82, 2.24) is 0 Å². The predicted molar refractivity (Wildman–Crippen MR) is 481 cm³/mol. The molecule has 16 nitrogen and oxygen atoms in total. The second-order valence-corrected chi connectivity index (χ2v) is 32.5. The van der Waals surface area contributed by atoms with Crippen LogP contribution in [0.1, 0.15) is 355 Å². The first kappa shape index (κ1) is 110. The molecule has 0 aromatic carbocycles. The summed E-state index contributed by atoms with van der Waals surface area (Å²) in [5.74, 6) is -1.64. The van der Waals surface area contributed by atoms with Gasteiger partial charge in [-0.1, -0.05) is 364 Å². The van der Waals surface area contributed by atoms with Gasteiger partial charge in [0.05, 0.1) is 26.4 Å². The van der Waals surface area contributed by atoms with Crippen molar-refractivity contribution in [2.45, 2.75) is 373 Å². The number of ether oxygens (including phenoxy) is 3. The average molecular weight is 1650 g/mol. The number of phosphoric acid groups is 2. The van der Waals surface area contributed by atoms with Crippen LogP contribution in [0.5, 0.6) is 0 Å². The minimum atomic E-state index is -4.96. The van der Waals surface area contributed by atoms with E-state index in [4.69, 9.17) is 32.3 Å². The molecule has 0 saturated heterocycles. The molecular formula is C97H162O16P2. The van der Waals surface area contributed by atoms with Gasteiger partial charge in [0.25, 0.3) is 0 Å². The number of rotatable bonds is 84. The van der Waals surface area contributed by atoms with Crippen molar-refractivity contribution in [2.75, 3.05) is 39.6 Å². The average Bonchev–Trinajstić information content (AvgIpc) is 0.903. The van der Waals surface area contributed by atoms with Gasteiger partial charge in [-0.3, -0.25) is 32.5 Å². The molecule has 115 heavy (non-hydrogen) atoms. The van der Waals surface area contributed by atoms with E-state index in [-0.39, 0.29) is 19.3 Å². The number of aliphatic hydroxyl groups excluding tert-OH is 2. The molecular weight excluding hydrogens is 1480 g/mol. The van der Waals surface area contributed by atoms with Gasteiger partial charge in [-0.2, -0.15) is 0 Å². The summed E-state index contributed by atoms with van der Waals surface area (Å²) >= 11 is 0. The molecule has 0 aromatic heterocycles. The maximum atomic E-state index is 13.0. The summed E-state index contributed by atoms with van der Waals surface area (Å²) in [6.45, 7) is 2.38. The third-order valence-electron chi connectivity index (χ3n) is 18.6. The highest BCUT2D eigenvalue weighted by Gasteiger charge is 2.29. The number of phosphoric ester groups is 2. The van der Waals surface area contributed by atoms with Gasteiger partial charge >= 0.3 is 33.6 Å². The van der Waals surface area contributed by atoms with Crippen molar-refractivity contribution in [3.8, 4) is 0 Å². The number of hydrogen-bond donors (Lipinski definition) is 4. The summed E-state index contributed by atoms with van der Waals surface area (Å²) in [5, 5.41) is 20.7. The van der Waals surface area contributed by atoms with Gasteiger partial charge in [-0.15, -0.1) is 0 Å². The van der Waals surface area contributed by atoms with E-state index in [0.717, 1.165) is 141 Å². The predicted octanol–water partition coefficient (Wildman–Crippen LogP) is 27.7. The van der Waals surface area contributed by atoms with Gasteiger partial charge in [0.2, 0.25) is 0 Å². The Hall–Kier alpha value is -5.35. The van der Waals surface area contributed by atoms with E-state index in [1.165, 1.54) is 148 Å². The summed E-state index contributed by atoms with van der Waals surface area (Å²) in [5.41, 5.74) is 0. The van der Waals surface area contributed by atoms with Crippen LogP contribution in [-0.2, 0) is 55.8 Å². The minimum Gasteiger partial charge on any atom is -0.463 e.